The van der Waals surface area contributed by atoms with Crippen molar-refractivity contribution < 1.29 is 9.59 Å². The Morgan fingerprint density at radius 3 is 1.88 bits per heavy atom. The van der Waals surface area contributed by atoms with Gasteiger partial charge in [-0.3, -0.25) is 14.6 Å². The number of rotatable bonds is 3. The van der Waals surface area contributed by atoms with Gasteiger partial charge in [-0.15, -0.1) is 0 Å². The summed E-state index contributed by atoms with van der Waals surface area (Å²) < 4.78 is 0. The lowest BCUT2D eigenvalue weighted by Gasteiger charge is -2.58. The van der Waals surface area contributed by atoms with E-state index in [0.29, 0.717) is 18.3 Å². The predicted molar refractivity (Wildman–Crippen MR) is 95.1 cm³/mol. The van der Waals surface area contributed by atoms with E-state index in [1.807, 2.05) is 13.8 Å². The van der Waals surface area contributed by atoms with Crippen molar-refractivity contribution >= 4 is 17.8 Å². The van der Waals surface area contributed by atoms with Gasteiger partial charge in [0.1, 0.15) is 17.5 Å². The summed E-state index contributed by atoms with van der Waals surface area (Å²) in [4.78, 5) is 29.6. The van der Waals surface area contributed by atoms with E-state index in [0.717, 1.165) is 17.8 Å². The maximum absolute atomic E-state index is 12.4. The van der Waals surface area contributed by atoms with Crippen molar-refractivity contribution in [2.75, 3.05) is 0 Å². The summed E-state index contributed by atoms with van der Waals surface area (Å²) in [6.07, 6.45) is 11.0. The standard InChI is InChI=1S/C21H31NO2/c1-13(21-7-14-4-15(8-21)6-16(5-14)9-21)22-12-17-18(23)10-20(2,3)11-19(17)24/h12-17H,4-11H2,1-3H3/t13-,14?,15?,16?,21?/m0/s1. The number of carbonyl (C=O) groups is 2. The van der Waals surface area contributed by atoms with Crippen LogP contribution in [0.3, 0.4) is 0 Å². The Bertz CT molecular complexity index is 533. The molecule has 0 aromatic rings. The van der Waals surface area contributed by atoms with Gasteiger partial charge in [-0.05, 0) is 74.0 Å². The monoisotopic (exact) mass is 329 g/mol. The molecule has 5 saturated carbocycles. The van der Waals surface area contributed by atoms with Gasteiger partial charge in [0.2, 0.25) is 0 Å². The van der Waals surface area contributed by atoms with E-state index >= 15 is 0 Å². The summed E-state index contributed by atoms with van der Waals surface area (Å²) in [5.41, 5.74) is 0.176. The number of hydrogen-bond acceptors (Lipinski definition) is 3. The van der Waals surface area contributed by atoms with Gasteiger partial charge in [-0.25, -0.2) is 0 Å². The molecule has 0 aliphatic heterocycles. The normalized spacial score (nSPS) is 42.9. The molecule has 5 rings (SSSR count). The van der Waals surface area contributed by atoms with E-state index in [9.17, 15) is 9.59 Å². The molecule has 0 N–H and O–H groups in total. The highest BCUT2D eigenvalue weighted by atomic mass is 16.2. The number of aliphatic imine (C=N–C) groups is 1. The molecule has 5 aliphatic rings. The summed E-state index contributed by atoms with van der Waals surface area (Å²) >= 11 is 0. The van der Waals surface area contributed by atoms with Gasteiger partial charge < -0.3 is 0 Å². The summed E-state index contributed by atoms with van der Waals surface area (Å²) in [5, 5.41) is 0. The van der Waals surface area contributed by atoms with Gasteiger partial charge in [-0.2, -0.15) is 0 Å². The fraction of sp³-hybridized carbons (Fsp3) is 0.857. The van der Waals surface area contributed by atoms with Crippen molar-refractivity contribution in [3.63, 3.8) is 0 Å². The number of Topliss-reactive ketones (excluding diaryl/α,β-unsaturated/α-hetero) is 2. The number of hydrogen-bond donors (Lipinski definition) is 0. The number of nitrogens with zero attached hydrogens (tertiary/aromatic N) is 1. The summed E-state index contributed by atoms with van der Waals surface area (Å²) in [6.45, 7) is 6.24. The van der Waals surface area contributed by atoms with Crippen molar-refractivity contribution in [3.05, 3.63) is 0 Å². The SMILES string of the molecule is C[C@H](N=CC1C(=O)CC(C)(C)CC1=O)C12CC3CC(CC(C3)C1)C2. The Kier molecular flexibility index (Phi) is 3.78. The van der Waals surface area contributed by atoms with Crippen molar-refractivity contribution in [1.29, 1.82) is 0 Å². The zero-order chi connectivity index (χ0) is 17.1. The maximum Gasteiger partial charge on any atom is 0.149 e. The topological polar surface area (TPSA) is 46.5 Å². The fourth-order valence-electron chi connectivity index (χ4n) is 6.63. The average Bonchev–Trinajstić information content (AvgIpc) is 2.43. The van der Waals surface area contributed by atoms with Crippen molar-refractivity contribution in [3.8, 4) is 0 Å². The summed E-state index contributed by atoms with van der Waals surface area (Å²) in [6, 6.07) is 0.251. The molecule has 24 heavy (non-hydrogen) atoms. The first-order chi connectivity index (χ1) is 11.3. The van der Waals surface area contributed by atoms with Gasteiger partial charge in [0.15, 0.2) is 0 Å². The van der Waals surface area contributed by atoms with E-state index in [1.54, 1.807) is 6.21 Å². The van der Waals surface area contributed by atoms with Crippen LogP contribution in [0.15, 0.2) is 4.99 Å². The van der Waals surface area contributed by atoms with Gasteiger partial charge >= 0.3 is 0 Å². The van der Waals surface area contributed by atoms with Crippen LogP contribution in [0.4, 0.5) is 0 Å². The second-order valence-electron chi connectivity index (χ2n) is 10.2. The van der Waals surface area contributed by atoms with E-state index in [-0.39, 0.29) is 23.0 Å². The Morgan fingerprint density at radius 1 is 0.958 bits per heavy atom. The second kappa shape index (κ2) is 5.51. The molecule has 0 radical (unpaired) electrons. The molecule has 5 aliphatic carbocycles. The largest absolute Gasteiger partial charge is 0.298 e. The van der Waals surface area contributed by atoms with Crippen LogP contribution in [0.5, 0.6) is 0 Å². The third-order valence-electron chi connectivity index (χ3n) is 7.43. The first-order valence-corrected chi connectivity index (χ1v) is 9.85. The first kappa shape index (κ1) is 16.5. The van der Waals surface area contributed by atoms with E-state index in [2.05, 4.69) is 6.92 Å². The molecule has 0 amide bonds. The minimum absolute atomic E-state index is 0.0673. The van der Waals surface area contributed by atoms with Gasteiger partial charge in [0.05, 0.1) is 6.04 Å². The molecule has 0 spiro atoms. The molecule has 1 atom stereocenters. The van der Waals surface area contributed by atoms with Crippen LogP contribution in [-0.2, 0) is 9.59 Å². The third kappa shape index (κ3) is 2.78. The zero-order valence-electron chi connectivity index (χ0n) is 15.4. The molecule has 5 fully saturated rings. The highest BCUT2D eigenvalue weighted by Gasteiger charge is 2.53. The Hall–Kier alpha value is -0.990. The van der Waals surface area contributed by atoms with Crippen LogP contribution in [0.25, 0.3) is 0 Å². The van der Waals surface area contributed by atoms with Crippen LogP contribution in [0.2, 0.25) is 0 Å². The minimum atomic E-state index is -0.575. The molecule has 3 nitrogen and oxygen atoms in total. The van der Waals surface area contributed by atoms with Crippen LogP contribution in [0, 0.1) is 34.5 Å². The molecule has 0 unspecified atom stereocenters. The van der Waals surface area contributed by atoms with Crippen LogP contribution in [-0.4, -0.2) is 23.8 Å². The minimum Gasteiger partial charge on any atom is -0.298 e. The van der Waals surface area contributed by atoms with Crippen molar-refractivity contribution in [1.82, 2.24) is 0 Å². The smallest absolute Gasteiger partial charge is 0.149 e. The lowest BCUT2D eigenvalue weighted by atomic mass is 9.48. The van der Waals surface area contributed by atoms with Gasteiger partial charge in [0.25, 0.3) is 0 Å². The van der Waals surface area contributed by atoms with E-state index < -0.39 is 5.92 Å². The Morgan fingerprint density at radius 2 is 1.42 bits per heavy atom. The molecule has 0 heterocycles. The first-order valence-electron chi connectivity index (χ1n) is 9.85. The summed E-state index contributed by atoms with van der Waals surface area (Å²) in [5.74, 6) is 2.29. The number of ketones is 2. The Labute approximate surface area is 145 Å². The van der Waals surface area contributed by atoms with Gasteiger partial charge in [-0.1, -0.05) is 13.8 Å². The molecular formula is C21H31NO2. The maximum atomic E-state index is 12.4. The molecule has 0 aromatic heterocycles. The number of carbonyl (C=O) groups excluding carboxylic acids is 2. The highest BCUT2D eigenvalue weighted by Crippen LogP contribution is 2.61. The van der Waals surface area contributed by atoms with E-state index in [4.69, 9.17) is 4.99 Å². The quantitative estimate of drug-likeness (QED) is 0.574. The van der Waals surface area contributed by atoms with E-state index in [1.165, 1.54) is 38.5 Å². The molecular weight excluding hydrogens is 298 g/mol. The van der Waals surface area contributed by atoms with Crippen LogP contribution < -0.4 is 0 Å². The van der Waals surface area contributed by atoms with Gasteiger partial charge in [0, 0.05) is 19.1 Å². The predicted octanol–water partition coefficient (Wildman–Crippen LogP) is 4.24. The molecule has 0 aromatic carbocycles. The molecule has 132 valence electrons. The Balaban J connectivity index is 1.48. The lowest BCUT2D eigenvalue weighted by molar-refractivity contribution is -0.136. The van der Waals surface area contributed by atoms with Crippen LogP contribution in [0.1, 0.15) is 72.1 Å². The van der Waals surface area contributed by atoms with Crippen molar-refractivity contribution in [2.45, 2.75) is 78.2 Å². The van der Waals surface area contributed by atoms with Crippen molar-refractivity contribution in [2.24, 2.45) is 39.5 Å². The zero-order valence-corrected chi connectivity index (χ0v) is 15.4. The fourth-order valence-corrected chi connectivity index (χ4v) is 6.63. The molecule has 0 saturated heterocycles. The molecule has 3 heteroatoms. The average molecular weight is 329 g/mol. The second-order valence-corrected chi connectivity index (χ2v) is 10.2. The molecule has 4 bridgehead atoms. The summed E-state index contributed by atoms with van der Waals surface area (Å²) in [7, 11) is 0. The third-order valence-corrected chi connectivity index (χ3v) is 7.43. The van der Waals surface area contributed by atoms with Crippen LogP contribution >= 0.6 is 0 Å². The lowest BCUT2D eigenvalue weighted by Crippen LogP contribution is -2.50. The highest BCUT2D eigenvalue weighted by molar-refractivity contribution is 6.16.